The smallest absolute Gasteiger partial charge is 0.233 e. The number of carbonyl (C=O) groups is 1. The Labute approximate surface area is 180 Å². The highest BCUT2D eigenvalue weighted by Gasteiger charge is 2.40. The summed E-state index contributed by atoms with van der Waals surface area (Å²) in [6.07, 6.45) is 1.14. The molecule has 6 heteroatoms. The van der Waals surface area contributed by atoms with E-state index in [0.29, 0.717) is 11.1 Å². The Kier molecular flexibility index (Phi) is 7.76. The fourth-order valence-electron chi connectivity index (χ4n) is 3.92. The van der Waals surface area contributed by atoms with Crippen molar-refractivity contribution in [2.45, 2.75) is 34.1 Å². The van der Waals surface area contributed by atoms with Gasteiger partial charge in [0, 0.05) is 23.6 Å². The van der Waals surface area contributed by atoms with E-state index in [1.807, 2.05) is 18.2 Å². The van der Waals surface area contributed by atoms with Gasteiger partial charge in [0.15, 0.2) is 7.14 Å². The molecule has 0 saturated heterocycles. The molecule has 5 nitrogen and oxygen atoms in total. The molecule has 0 aliphatic heterocycles. The van der Waals surface area contributed by atoms with Crippen molar-refractivity contribution in [2.75, 3.05) is 27.5 Å². The Balaban J connectivity index is 2.63. The largest absolute Gasteiger partial charge is 0.496 e. The number of methoxy groups -OCH3 is 3. The fraction of sp³-hybridized carbons (Fsp3) is 0.458. The molecular formula is C24H33O5P. The summed E-state index contributed by atoms with van der Waals surface area (Å²) in [5.74, 6) is 1.16. The van der Waals surface area contributed by atoms with Crippen molar-refractivity contribution in [3.05, 3.63) is 48.0 Å². The van der Waals surface area contributed by atoms with Crippen LogP contribution < -0.4 is 19.5 Å². The minimum absolute atomic E-state index is 0.0689. The molecule has 0 amide bonds. The predicted molar refractivity (Wildman–Crippen MR) is 122 cm³/mol. The van der Waals surface area contributed by atoms with Crippen LogP contribution in [0.5, 0.6) is 17.2 Å². The first-order valence-corrected chi connectivity index (χ1v) is 11.9. The molecule has 0 heterocycles. The molecule has 164 valence electrons. The lowest BCUT2D eigenvalue weighted by molar-refractivity contribution is 0.106. The van der Waals surface area contributed by atoms with E-state index in [-0.39, 0.29) is 34.6 Å². The Hall–Kier alpha value is -2.26. The van der Waals surface area contributed by atoms with Crippen LogP contribution in [0.1, 0.15) is 44.5 Å². The first-order valence-electron chi connectivity index (χ1n) is 10.1. The highest BCUT2D eigenvalue weighted by atomic mass is 31.2. The Morgan fingerprint density at radius 2 is 1.50 bits per heavy atom. The summed E-state index contributed by atoms with van der Waals surface area (Å²) in [6, 6.07) is 12.2. The number of benzene rings is 2. The Bertz CT molecular complexity index is 890. The van der Waals surface area contributed by atoms with Gasteiger partial charge in [-0.3, -0.25) is 4.79 Å². The molecule has 2 aromatic carbocycles. The number of hydrogen-bond donors (Lipinski definition) is 0. The molecule has 2 aromatic rings. The number of hydrogen-bond acceptors (Lipinski definition) is 5. The highest BCUT2D eigenvalue weighted by molar-refractivity contribution is 7.87. The van der Waals surface area contributed by atoms with Crippen molar-refractivity contribution in [1.82, 2.24) is 0 Å². The molecule has 0 aromatic heterocycles. The predicted octanol–water partition coefficient (Wildman–Crippen LogP) is 5.61. The topological polar surface area (TPSA) is 61.8 Å². The van der Waals surface area contributed by atoms with Crippen LogP contribution in [0.3, 0.4) is 0 Å². The van der Waals surface area contributed by atoms with Gasteiger partial charge in [0.1, 0.15) is 22.8 Å². The quantitative estimate of drug-likeness (QED) is 0.482. The van der Waals surface area contributed by atoms with Gasteiger partial charge in [-0.15, -0.1) is 0 Å². The summed E-state index contributed by atoms with van der Waals surface area (Å²) < 4.78 is 30.6. The molecule has 0 bridgehead atoms. The van der Waals surface area contributed by atoms with Crippen LogP contribution >= 0.6 is 7.14 Å². The first kappa shape index (κ1) is 24.0. The Morgan fingerprint density at radius 1 is 0.967 bits per heavy atom. The lowest BCUT2D eigenvalue weighted by Gasteiger charge is -2.27. The average molecular weight is 432 g/mol. The maximum absolute atomic E-state index is 14.4. The second kappa shape index (κ2) is 9.70. The summed E-state index contributed by atoms with van der Waals surface area (Å²) in [4.78, 5) is 13.9. The van der Waals surface area contributed by atoms with E-state index in [4.69, 9.17) is 14.2 Å². The molecule has 0 fully saturated rings. The molecule has 2 rings (SSSR count). The van der Waals surface area contributed by atoms with E-state index in [1.54, 1.807) is 24.3 Å². The summed E-state index contributed by atoms with van der Waals surface area (Å²) in [7, 11) is 1.00. The van der Waals surface area contributed by atoms with Crippen LogP contribution in [-0.2, 0) is 4.57 Å². The monoisotopic (exact) mass is 432 g/mol. The van der Waals surface area contributed by atoms with Crippen LogP contribution in [0.2, 0.25) is 0 Å². The molecule has 2 atom stereocenters. The van der Waals surface area contributed by atoms with E-state index in [9.17, 15) is 9.36 Å². The standard InChI is InChI=1S/C24H33O5P/c1-17(15-24(2,3)4)16-30(26,19-11-9-8-10-12-19)23(25)22-20(28-6)13-18(27-5)14-21(22)29-7/h8-14,17H,15-16H2,1-7H3. The van der Waals surface area contributed by atoms with Gasteiger partial charge in [-0.25, -0.2) is 0 Å². The lowest BCUT2D eigenvalue weighted by Crippen LogP contribution is -2.22. The van der Waals surface area contributed by atoms with Crippen LogP contribution in [0.15, 0.2) is 42.5 Å². The van der Waals surface area contributed by atoms with E-state index in [2.05, 4.69) is 27.7 Å². The van der Waals surface area contributed by atoms with Crippen LogP contribution in [0.4, 0.5) is 0 Å². The number of ether oxygens (including phenoxy) is 3. The average Bonchev–Trinajstić information content (AvgIpc) is 2.71. The summed E-state index contributed by atoms with van der Waals surface area (Å²) in [5, 5.41) is 0.552. The molecule has 0 aliphatic rings. The zero-order chi connectivity index (χ0) is 22.5. The van der Waals surface area contributed by atoms with Crippen molar-refractivity contribution in [2.24, 2.45) is 11.3 Å². The molecule has 0 spiro atoms. The van der Waals surface area contributed by atoms with Gasteiger partial charge < -0.3 is 18.8 Å². The van der Waals surface area contributed by atoms with E-state index >= 15 is 0 Å². The SMILES string of the molecule is COc1cc(OC)c(C(=O)P(=O)(CC(C)CC(C)(C)C)c2ccccc2)c(OC)c1. The minimum Gasteiger partial charge on any atom is -0.496 e. The van der Waals surface area contributed by atoms with Crippen LogP contribution in [0.25, 0.3) is 0 Å². The second-order valence-electron chi connectivity index (χ2n) is 8.84. The van der Waals surface area contributed by atoms with Gasteiger partial charge >= 0.3 is 0 Å². The number of rotatable bonds is 9. The van der Waals surface area contributed by atoms with Gasteiger partial charge in [0.25, 0.3) is 0 Å². The van der Waals surface area contributed by atoms with Gasteiger partial charge in [0.05, 0.1) is 21.3 Å². The molecule has 2 unspecified atom stereocenters. The minimum atomic E-state index is -3.47. The Morgan fingerprint density at radius 3 is 1.93 bits per heavy atom. The number of carbonyl (C=O) groups excluding carboxylic acids is 1. The highest BCUT2D eigenvalue weighted by Crippen LogP contribution is 2.53. The summed E-state index contributed by atoms with van der Waals surface area (Å²) in [5.41, 5.74) is -0.193. The van der Waals surface area contributed by atoms with Gasteiger partial charge in [0.2, 0.25) is 5.52 Å². The third-order valence-electron chi connectivity index (χ3n) is 4.96. The van der Waals surface area contributed by atoms with Gasteiger partial charge in [-0.05, 0) is 17.8 Å². The van der Waals surface area contributed by atoms with Crippen molar-refractivity contribution in [1.29, 1.82) is 0 Å². The molecule has 0 saturated carbocycles. The third-order valence-corrected chi connectivity index (χ3v) is 8.11. The van der Waals surface area contributed by atoms with Crippen molar-refractivity contribution in [3.63, 3.8) is 0 Å². The normalized spacial score (nSPS) is 14.5. The second-order valence-corrected chi connectivity index (χ2v) is 11.6. The summed E-state index contributed by atoms with van der Waals surface area (Å²) >= 11 is 0. The van der Waals surface area contributed by atoms with E-state index in [0.717, 1.165) is 6.42 Å². The first-order chi connectivity index (χ1) is 14.1. The lowest BCUT2D eigenvalue weighted by atomic mass is 9.86. The van der Waals surface area contributed by atoms with E-state index < -0.39 is 12.7 Å². The van der Waals surface area contributed by atoms with Crippen molar-refractivity contribution < 1.29 is 23.6 Å². The molecule has 30 heavy (non-hydrogen) atoms. The fourth-order valence-corrected chi connectivity index (χ4v) is 6.77. The maximum Gasteiger partial charge on any atom is 0.233 e. The van der Waals surface area contributed by atoms with Crippen molar-refractivity contribution in [3.8, 4) is 17.2 Å². The molecule has 0 radical (unpaired) electrons. The molecular weight excluding hydrogens is 399 g/mol. The summed E-state index contributed by atoms with van der Waals surface area (Å²) in [6.45, 7) is 8.49. The van der Waals surface area contributed by atoms with Crippen LogP contribution in [-0.4, -0.2) is 33.0 Å². The zero-order valence-electron chi connectivity index (χ0n) is 19.0. The van der Waals surface area contributed by atoms with Gasteiger partial charge in [-0.1, -0.05) is 58.0 Å². The van der Waals surface area contributed by atoms with Gasteiger partial charge in [-0.2, -0.15) is 0 Å². The van der Waals surface area contributed by atoms with Crippen LogP contribution in [0, 0.1) is 11.3 Å². The maximum atomic E-state index is 14.4. The molecule has 0 N–H and O–H groups in total. The van der Waals surface area contributed by atoms with Crippen molar-refractivity contribution >= 4 is 18.0 Å². The molecule has 0 aliphatic carbocycles. The van der Waals surface area contributed by atoms with E-state index in [1.165, 1.54) is 21.3 Å². The zero-order valence-corrected chi connectivity index (χ0v) is 19.9. The third kappa shape index (κ3) is 5.46.